The zero-order chi connectivity index (χ0) is 24.6. The summed E-state index contributed by atoms with van der Waals surface area (Å²) in [6, 6.07) is 9.19. The molecule has 2 aromatic heterocycles. The molecule has 1 N–H and O–H groups in total. The average molecular weight is 480 g/mol. The first-order chi connectivity index (χ1) is 16.0. The number of ether oxygens (including phenoxy) is 1. The maximum Gasteiger partial charge on any atom is 0.417 e. The van der Waals surface area contributed by atoms with Gasteiger partial charge in [0, 0.05) is 23.2 Å². The van der Waals surface area contributed by atoms with Crippen LogP contribution in [0.15, 0.2) is 57.7 Å². The topological polar surface area (TPSA) is 99.3 Å². The fourth-order valence-corrected chi connectivity index (χ4v) is 3.22. The lowest BCUT2D eigenvalue weighted by molar-refractivity contribution is -0.136. The standard InChI is InChI=1S/C21H13F5N4O4/c1-10-18(28-29-30(10)12-3-5-13(6-4-12)33-20(22)23)19(32)27-11-2-7-14-15(21(24,25)26)9-17(31)34-16(14)8-11/h2-9,20H,1H3,(H,27,32). The average Bonchev–Trinajstić information content (AvgIpc) is 3.14. The Hall–Kier alpha value is -4.29. The van der Waals surface area contributed by atoms with Crippen LogP contribution >= 0.6 is 0 Å². The second-order valence-electron chi connectivity index (χ2n) is 6.95. The summed E-state index contributed by atoms with van der Waals surface area (Å²) in [6.45, 7) is -1.44. The Bertz CT molecular complexity index is 1430. The number of aromatic nitrogens is 3. The summed E-state index contributed by atoms with van der Waals surface area (Å²) >= 11 is 0. The quantitative estimate of drug-likeness (QED) is 0.332. The second kappa shape index (κ2) is 8.57. The highest BCUT2D eigenvalue weighted by molar-refractivity contribution is 6.04. The first-order valence-electron chi connectivity index (χ1n) is 9.47. The Labute approximate surface area is 186 Å². The van der Waals surface area contributed by atoms with Crippen molar-refractivity contribution in [2.24, 2.45) is 0 Å². The molecule has 0 radical (unpaired) electrons. The summed E-state index contributed by atoms with van der Waals surface area (Å²) < 4.78 is 74.6. The molecule has 1 amide bonds. The number of nitrogens with zero attached hydrogens (tertiary/aromatic N) is 3. The van der Waals surface area contributed by atoms with E-state index in [1.54, 1.807) is 0 Å². The molecule has 0 saturated heterocycles. The lowest BCUT2D eigenvalue weighted by Gasteiger charge is -2.10. The summed E-state index contributed by atoms with van der Waals surface area (Å²) in [6.07, 6.45) is -4.77. The van der Waals surface area contributed by atoms with Crippen molar-refractivity contribution in [3.63, 3.8) is 0 Å². The predicted octanol–water partition coefficient (Wildman–Crippen LogP) is 4.55. The molecular weight excluding hydrogens is 467 g/mol. The van der Waals surface area contributed by atoms with Gasteiger partial charge in [-0.1, -0.05) is 5.21 Å². The number of nitrogens with one attached hydrogen (secondary N) is 1. The first kappa shape index (κ1) is 22.9. The van der Waals surface area contributed by atoms with E-state index in [1.807, 2.05) is 0 Å². The minimum absolute atomic E-state index is 0.0578. The van der Waals surface area contributed by atoms with E-state index >= 15 is 0 Å². The molecule has 2 aromatic carbocycles. The number of hydrogen-bond acceptors (Lipinski definition) is 6. The van der Waals surface area contributed by atoms with Crippen molar-refractivity contribution in [1.82, 2.24) is 15.0 Å². The van der Waals surface area contributed by atoms with Gasteiger partial charge in [-0.3, -0.25) is 4.79 Å². The van der Waals surface area contributed by atoms with Crippen molar-refractivity contribution in [3.8, 4) is 11.4 Å². The largest absolute Gasteiger partial charge is 0.435 e. The number of alkyl halides is 5. The highest BCUT2D eigenvalue weighted by Gasteiger charge is 2.34. The van der Waals surface area contributed by atoms with Gasteiger partial charge in [0.1, 0.15) is 11.3 Å². The van der Waals surface area contributed by atoms with Crippen LogP contribution in [0.5, 0.6) is 5.75 Å². The Balaban J connectivity index is 1.59. The Morgan fingerprint density at radius 1 is 1.12 bits per heavy atom. The molecule has 0 bridgehead atoms. The van der Waals surface area contributed by atoms with E-state index in [0.29, 0.717) is 17.4 Å². The van der Waals surface area contributed by atoms with Crippen LogP contribution in [-0.4, -0.2) is 27.5 Å². The molecule has 4 rings (SSSR count). The molecule has 176 valence electrons. The molecule has 0 atom stereocenters. The van der Waals surface area contributed by atoms with E-state index < -0.39 is 29.9 Å². The highest BCUT2D eigenvalue weighted by atomic mass is 19.4. The van der Waals surface area contributed by atoms with Gasteiger partial charge in [0.05, 0.1) is 16.9 Å². The SMILES string of the molecule is Cc1c(C(=O)Nc2ccc3c(C(F)(F)F)cc(=O)oc3c2)nnn1-c1ccc(OC(F)F)cc1. The van der Waals surface area contributed by atoms with E-state index in [9.17, 15) is 31.5 Å². The smallest absolute Gasteiger partial charge is 0.417 e. The molecule has 0 aliphatic carbocycles. The lowest BCUT2D eigenvalue weighted by Crippen LogP contribution is -2.15. The van der Waals surface area contributed by atoms with Gasteiger partial charge in [-0.25, -0.2) is 9.48 Å². The van der Waals surface area contributed by atoms with Crippen molar-refractivity contribution < 1.29 is 35.9 Å². The zero-order valence-electron chi connectivity index (χ0n) is 17.1. The highest BCUT2D eigenvalue weighted by Crippen LogP contribution is 2.34. The lowest BCUT2D eigenvalue weighted by atomic mass is 10.1. The van der Waals surface area contributed by atoms with Crippen LogP contribution in [0.1, 0.15) is 21.7 Å². The summed E-state index contributed by atoms with van der Waals surface area (Å²) in [5.41, 5.74) is -2.03. The van der Waals surface area contributed by atoms with Gasteiger partial charge in [0.15, 0.2) is 5.69 Å². The van der Waals surface area contributed by atoms with E-state index in [-0.39, 0.29) is 28.1 Å². The normalized spacial score (nSPS) is 11.7. The Morgan fingerprint density at radius 3 is 2.47 bits per heavy atom. The molecule has 0 aliphatic rings. The maximum atomic E-state index is 13.2. The fourth-order valence-electron chi connectivity index (χ4n) is 3.22. The number of benzene rings is 2. The van der Waals surface area contributed by atoms with Gasteiger partial charge in [-0.2, -0.15) is 22.0 Å². The molecule has 0 saturated carbocycles. The number of rotatable bonds is 5. The number of halogens is 5. The molecular formula is C21H13F5N4O4. The summed E-state index contributed by atoms with van der Waals surface area (Å²) in [5, 5.41) is 9.80. The predicted molar refractivity (Wildman–Crippen MR) is 108 cm³/mol. The molecule has 0 unspecified atom stereocenters. The first-order valence-corrected chi connectivity index (χ1v) is 9.47. The van der Waals surface area contributed by atoms with Gasteiger partial charge in [0.2, 0.25) is 0 Å². The van der Waals surface area contributed by atoms with Crippen molar-refractivity contribution in [3.05, 3.63) is 75.9 Å². The van der Waals surface area contributed by atoms with Crippen molar-refractivity contribution in [1.29, 1.82) is 0 Å². The number of hydrogen-bond donors (Lipinski definition) is 1. The third-order valence-electron chi connectivity index (χ3n) is 4.72. The molecule has 8 nitrogen and oxygen atoms in total. The monoisotopic (exact) mass is 480 g/mol. The minimum atomic E-state index is -4.77. The number of carbonyl (C=O) groups is 1. The third-order valence-corrected chi connectivity index (χ3v) is 4.72. The van der Waals surface area contributed by atoms with Gasteiger partial charge in [-0.15, -0.1) is 5.10 Å². The van der Waals surface area contributed by atoms with Crippen LogP contribution in [0.4, 0.5) is 27.6 Å². The van der Waals surface area contributed by atoms with E-state index in [2.05, 4.69) is 20.4 Å². The summed E-state index contributed by atoms with van der Waals surface area (Å²) in [7, 11) is 0. The molecule has 4 aromatic rings. The number of fused-ring (bicyclic) bond motifs is 1. The van der Waals surface area contributed by atoms with Gasteiger partial charge >= 0.3 is 18.4 Å². The molecule has 2 heterocycles. The van der Waals surface area contributed by atoms with E-state index in [4.69, 9.17) is 4.42 Å². The van der Waals surface area contributed by atoms with E-state index in [0.717, 1.165) is 12.1 Å². The number of carbonyl (C=O) groups excluding carboxylic acids is 1. The van der Waals surface area contributed by atoms with Crippen LogP contribution in [-0.2, 0) is 6.18 Å². The Morgan fingerprint density at radius 2 is 1.82 bits per heavy atom. The molecule has 0 aliphatic heterocycles. The van der Waals surface area contributed by atoms with Gasteiger partial charge < -0.3 is 14.5 Å². The van der Waals surface area contributed by atoms with Crippen LogP contribution in [0.3, 0.4) is 0 Å². The molecule has 34 heavy (non-hydrogen) atoms. The van der Waals surface area contributed by atoms with Gasteiger partial charge in [0.25, 0.3) is 5.91 Å². The summed E-state index contributed by atoms with van der Waals surface area (Å²) in [4.78, 5) is 24.2. The Kier molecular flexibility index (Phi) is 5.77. The molecule has 0 spiro atoms. The minimum Gasteiger partial charge on any atom is -0.435 e. The third kappa shape index (κ3) is 4.58. The van der Waals surface area contributed by atoms with Crippen LogP contribution in [0, 0.1) is 6.92 Å². The van der Waals surface area contributed by atoms with Crippen LogP contribution in [0.2, 0.25) is 0 Å². The molecule has 0 fully saturated rings. The molecule has 13 heteroatoms. The van der Waals surface area contributed by atoms with Crippen LogP contribution < -0.4 is 15.7 Å². The number of anilines is 1. The van der Waals surface area contributed by atoms with Crippen molar-refractivity contribution >= 4 is 22.6 Å². The number of amides is 1. The van der Waals surface area contributed by atoms with Crippen molar-refractivity contribution in [2.75, 3.05) is 5.32 Å². The maximum absolute atomic E-state index is 13.2. The van der Waals surface area contributed by atoms with Crippen molar-refractivity contribution in [2.45, 2.75) is 19.7 Å². The second-order valence-corrected chi connectivity index (χ2v) is 6.95. The van der Waals surface area contributed by atoms with E-state index in [1.165, 1.54) is 41.9 Å². The fraction of sp³-hybridized carbons (Fsp3) is 0.143. The summed E-state index contributed by atoms with van der Waals surface area (Å²) in [5.74, 6) is -0.791. The zero-order valence-corrected chi connectivity index (χ0v) is 17.1. The van der Waals surface area contributed by atoms with Crippen LogP contribution in [0.25, 0.3) is 16.7 Å². The van der Waals surface area contributed by atoms with Gasteiger partial charge in [-0.05, 0) is 43.3 Å².